The van der Waals surface area contributed by atoms with Gasteiger partial charge in [0.25, 0.3) is 0 Å². The van der Waals surface area contributed by atoms with Crippen LogP contribution in [0.5, 0.6) is 11.6 Å². The molecule has 1 heterocycles. The van der Waals surface area contributed by atoms with Gasteiger partial charge >= 0.3 is 10.9 Å². The lowest BCUT2D eigenvalue weighted by molar-refractivity contribution is 0.207. The van der Waals surface area contributed by atoms with Crippen LogP contribution >= 0.6 is 11.3 Å². The standard InChI is InChI=1S/C20H21N3O4S/c1-23(19(25)21-15-5-3-2-4-6-15)11-12-27-16-9-7-14(8-10-16)13-17-18(24)22-20(26)28-17/h2-10,24H,11-13H2,1H3,(H,21,25)(H,22,26). The van der Waals surface area contributed by atoms with Crippen molar-refractivity contribution in [3.8, 4) is 11.6 Å². The molecule has 0 unspecified atom stereocenters. The molecule has 8 heteroatoms. The number of aromatic hydroxyl groups is 1. The van der Waals surface area contributed by atoms with Crippen molar-refractivity contribution in [1.29, 1.82) is 0 Å². The maximum Gasteiger partial charge on any atom is 0.321 e. The first-order valence-corrected chi connectivity index (χ1v) is 9.53. The molecule has 28 heavy (non-hydrogen) atoms. The molecule has 0 radical (unpaired) electrons. The average Bonchev–Trinajstić information content (AvgIpc) is 3.00. The normalized spacial score (nSPS) is 10.5. The number of urea groups is 1. The molecule has 0 saturated carbocycles. The predicted octanol–water partition coefficient (Wildman–Crippen LogP) is 3.28. The van der Waals surface area contributed by atoms with Crippen LogP contribution in [0.25, 0.3) is 0 Å². The second-order valence-electron chi connectivity index (χ2n) is 6.17. The Morgan fingerprint density at radius 2 is 1.89 bits per heavy atom. The van der Waals surface area contributed by atoms with Gasteiger partial charge in [-0.15, -0.1) is 0 Å². The zero-order valence-corrected chi connectivity index (χ0v) is 16.2. The molecule has 0 spiro atoms. The summed E-state index contributed by atoms with van der Waals surface area (Å²) in [5.74, 6) is 0.610. The van der Waals surface area contributed by atoms with Gasteiger partial charge in [0.15, 0.2) is 0 Å². The van der Waals surface area contributed by atoms with Gasteiger partial charge in [0.2, 0.25) is 5.88 Å². The van der Waals surface area contributed by atoms with E-state index in [4.69, 9.17) is 4.74 Å². The maximum atomic E-state index is 12.1. The second-order valence-corrected chi connectivity index (χ2v) is 7.24. The Labute approximate surface area is 166 Å². The largest absolute Gasteiger partial charge is 0.494 e. The fraction of sp³-hybridized carbons (Fsp3) is 0.200. The van der Waals surface area contributed by atoms with Crippen LogP contribution in [0.15, 0.2) is 59.4 Å². The van der Waals surface area contributed by atoms with Crippen molar-refractivity contribution < 1.29 is 14.6 Å². The van der Waals surface area contributed by atoms with Crippen LogP contribution in [0.4, 0.5) is 10.5 Å². The van der Waals surface area contributed by atoms with Crippen LogP contribution in [-0.4, -0.2) is 41.2 Å². The van der Waals surface area contributed by atoms with Crippen LogP contribution in [0.2, 0.25) is 0 Å². The van der Waals surface area contributed by atoms with Crippen molar-refractivity contribution in [2.75, 3.05) is 25.5 Å². The van der Waals surface area contributed by atoms with Crippen LogP contribution in [0.3, 0.4) is 0 Å². The van der Waals surface area contributed by atoms with Crippen molar-refractivity contribution in [1.82, 2.24) is 9.88 Å². The number of aromatic amines is 1. The minimum atomic E-state index is -0.270. The van der Waals surface area contributed by atoms with Gasteiger partial charge in [-0.3, -0.25) is 9.78 Å². The van der Waals surface area contributed by atoms with E-state index in [1.165, 1.54) is 0 Å². The molecule has 7 nitrogen and oxygen atoms in total. The van der Waals surface area contributed by atoms with Gasteiger partial charge < -0.3 is 20.1 Å². The summed E-state index contributed by atoms with van der Waals surface area (Å²) in [4.78, 5) is 27.6. The highest BCUT2D eigenvalue weighted by molar-refractivity contribution is 7.09. The van der Waals surface area contributed by atoms with E-state index in [2.05, 4.69) is 10.3 Å². The van der Waals surface area contributed by atoms with E-state index >= 15 is 0 Å². The second kappa shape index (κ2) is 9.09. The van der Waals surface area contributed by atoms with Crippen LogP contribution in [0.1, 0.15) is 10.4 Å². The molecule has 3 rings (SSSR count). The van der Waals surface area contributed by atoms with Crippen molar-refractivity contribution in [2.45, 2.75) is 6.42 Å². The topological polar surface area (TPSA) is 94.7 Å². The lowest BCUT2D eigenvalue weighted by Gasteiger charge is -2.18. The number of carbonyl (C=O) groups is 1. The molecule has 146 valence electrons. The molecule has 0 bridgehead atoms. The fourth-order valence-corrected chi connectivity index (χ4v) is 3.26. The summed E-state index contributed by atoms with van der Waals surface area (Å²) < 4.78 is 5.69. The van der Waals surface area contributed by atoms with Crippen molar-refractivity contribution in [3.63, 3.8) is 0 Å². The van der Waals surface area contributed by atoms with Gasteiger partial charge in [0, 0.05) is 19.2 Å². The molecule has 3 N–H and O–H groups in total. The Hall–Kier alpha value is -3.26. The van der Waals surface area contributed by atoms with Gasteiger partial charge in [0.1, 0.15) is 12.4 Å². The summed E-state index contributed by atoms with van der Waals surface area (Å²) in [5.41, 5.74) is 1.70. The van der Waals surface area contributed by atoms with Crippen LogP contribution < -0.4 is 14.9 Å². The summed E-state index contributed by atoms with van der Waals surface area (Å²) in [6.45, 7) is 0.796. The Kier molecular flexibility index (Phi) is 6.33. The van der Waals surface area contributed by atoms with Crippen molar-refractivity contribution >= 4 is 23.1 Å². The highest BCUT2D eigenvalue weighted by Crippen LogP contribution is 2.21. The van der Waals surface area contributed by atoms with Crippen LogP contribution in [0, 0.1) is 0 Å². The first-order valence-electron chi connectivity index (χ1n) is 8.71. The third kappa shape index (κ3) is 5.37. The smallest absolute Gasteiger partial charge is 0.321 e. The molecule has 2 aromatic carbocycles. The molecule has 1 aromatic heterocycles. The van der Waals surface area contributed by atoms with E-state index < -0.39 is 0 Å². The lowest BCUT2D eigenvalue weighted by atomic mass is 10.1. The molecule has 0 aliphatic heterocycles. The number of nitrogens with zero attached hydrogens (tertiary/aromatic N) is 1. The zero-order valence-electron chi connectivity index (χ0n) is 15.3. The molecule has 0 atom stereocenters. The van der Waals surface area contributed by atoms with Gasteiger partial charge in [-0.25, -0.2) is 4.79 Å². The van der Waals surface area contributed by atoms with E-state index in [-0.39, 0.29) is 16.8 Å². The number of nitrogens with one attached hydrogen (secondary N) is 2. The average molecular weight is 399 g/mol. The number of para-hydroxylation sites is 1. The monoisotopic (exact) mass is 399 g/mol. The van der Waals surface area contributed by atoms with Gasteiger partial charge in [0.05, 0.1) is 11.4 Å². The number of aromatic nitrogens is 1. The number of H-pyrrole nitrogens is 1. The van der Waals surface area contributed by atoms with Crippen molar-refractivity contribution in [2.24, 2.45) is 0 Å². The fourth-order valence-electron chi connectivity index (χ4n) is 2.50. The first-order chi connectivity index (χ1) is 13.5. The predicted molar refractivity (Wildman–Crippen MR) is 109 cm³/mol. The summed E-state index contributed by atoms with van der Waals surface area (Å²) in [6, 6.07) is 16.5. The molecular weight excluding hydrogens is 378 g/mol. The quantitative estimate of drug-likeness (QED) is 0.568. The van der Waals surface area contributed by atoms with E-state index in [0.29, 0.717) is 30.2 Å². The number of thiazole rings is 1. The number of amides is 2. The Morgan fingerprint density at radius 3 is 2.54 bits per heavy atom. The summed E-state index contributed by atoms with van der Waals surface area (Å²) >= 11 is 0.998. The number of rotatable bonds is 7. The zero-order chi connectivity index (χ0) is 19.9. The lowest BCUT2D eigenvalue weighted by Crippen LogP contribution is -2.34. The maximum absolute atomic E-state index is 12.1. The molecule has 2 amide bonds. The number of hydrogen-bond acceptors (Lipinski definition) is 5. The summed E-state index contributed by atoms with van der Waals surface area (Å²) in [5, 5.41) is 12.5. The Bertz CT molecular complexity index is 967. The highest BCUT2D eigenvalue weighted by atomic mass is 32.1. The third-order valence-corrected chi connectivity index (χ3v) is 4.93. The number of likely N-dealkylation sites (N-methyl/N-ethyl adjacent to an activating group) is 1. The van der Waals surface area contributed by atoms with E-state index in [9.17, 15) is 14.7 Å². The Morgan fingerprint density at radius 1 is 1.18 bits per heavy atom. The van der Waals surface area contributed by atoms with Crippen LogP contribution in [-0.2, 0) is 6.42 Å². The Balaban J connectivity index is 1.45. The summed E-state index contributed by atoms with van der Waals surface area (Å²) in [7, 11) is 1.71. The third-order valence-electron chi connectivity index (χ3n) is 4.06. The van der Waals surface area contributed by atoms with E-state index in [1.54, 1.807) is 11.9 Å². The van der Waals surface area contributed by atoms with Gasteiger partial charge in [-0.2, -0.15) is 0 Å². The molecular formula is C20H21N3O4S. The molecule has 0 aliphatic rings. The molecule has 3 aromatic rings. The number of carbonyl (C=O) groups excluding carboxylic acids is 1. The van der Waals surface area contributed by atoms with E-state index in [0.717, 1.165) is 22.6 Å². The van der Waals surface area contributed by atoms with E-state index in [1.807, 2.05) is 54.6 Å². The molecule has 0 fully saturated rings. The SMILES string of the molecule is CN(CCOc1ccc(Cc2sc(=O)[nH]c2O)cc1)C(=O)Nc1ccccc1. The number of ether oxygens (including phenoxy) is 1. The number of benzene rings is 2. The minimum absolute atomic E-state index is 0.0767. The number of hydrogen-bond donors (Lipinski definition) is 3. The molecule has 0 aliphatic carbocycles. The van der Waals surface area contributed by atoms with Crippen molar-refractivity contribution in [3.05, 3.63) is 74.7 Å². The molecule has 0 saturated heterocycles. The summed E-state index contributed by atoms with van der Waals surface area (Å²) in [6.07, 6.45) is 0.470. The highest BCUT2D eigenvalue weighted by Gasteiger charge is 2.09. The van der Waals surface area contributed by atoms with Gasteiger partial charge in [-0.1, -0.05) is 41.7 Å². The first kappa shape index (κ1) is 19.5. The van der Waals surface area contributed by atoms with Gasteiger partial charge in [-0.05, 0) is 29.8 Å². The number of anilines is 1. The minimum Gasteiger partial charge on any atom is -0.494 e.